The number of likely N-dealkylation sites (tertiary alicyclic amines) is 1. The lowest BCUT2D eigenvalue weighted by molar-refractivity contribution is -0.134. The van der Waals surface area contributed by atoms with Gasteiger partial charge in [0.2, 0.25) is 0 Å². The molecule has 0 saturated carbocycles. The van der Waals surface area contributed by atoms with Crippen molar-refractivity contribution in [2.24, 2.45) is 0 Å². The Balaban J connectivity index is 1.31. The zero-order chi connectivity index (χ0) is 17.1. The maximum atomic E-state index is 12.4. The topological polar surface area (TPSA) is 29.5 Å². The molecule has 0 N–H and O–H groups in total. The summed E-state index contributed by atoms with van der Waals surface area (Å²) in [6, 6.07) is 18.4. The molecule has 1 aliphatic heterocycles. The van der Waals surface area contributed by atoms with E-state index in [1.165, 1.54) is 10.3 Å². The van der Waals surface area contributed by atoms with E-state index in [4.69, 9.17) is 4.74 Å². The molecule has 1 amide bonds. The molecule has 1 aliphatic rings. The highest BCUT2D eigenvalue weighted by Crippen LogP contribution is 2.31. The van der Waals surface area contributed by atoms with Crippen LogP contribution in [0.2, 0.25) is 0 Å². The van der Waals surface area contributed by atoms with Gasteiger partial charge in [0.1, 0.15) is 5.75 Å². The molecular weight excluding hydrogens is 330 g/mol. The molecule has 3 aromatic rings. The summed E-state index contributed by atoms with van der Waals surface area (Å²) in [5.41, 5.74) is 0. The lowest BCUT2D eigenvalue weighted by Crippen LogP contribution is -2.40. The Morgan fingerprint density at radius 2 is 1.84 bits per heavy atom. The smallest absolute Gasteiger partial charge is 0.260 e. The average molecular weight is 351 g/mol. The summed E-state index contributed by atoms with van der Waals surface area (Å²) in [6.45, 7) is 1.76. The number of carbonyl (C=O) groups excluding carboxylic acids is 1. The van der Waals surface area contributed by atoms with Gasteiger partial charge in [0, 0.05) is 18.0 Å². The molecule has 2 aromatic carbocycles. The number of nitrogens with zero attached hydrogens (tertiary/aromatic N) is 1. The quantitative estimate of drug-likeness (QED) is 0.683. The van der Waals surface area contributed by atoms with Crippen molar-refractivity contribution in [2.45, 2.75) is 18.8 Å². The summed E-state index contributed by atoms with van der Waals surface area (Å²) < 4.78 is 5.74. The molecule has 2 heterocycles. The van der Waals surface area contributed by atoms with Gasteiger partial charge in [-0.2, -0.15) is 0 Å². The van der Waals surface area contributed by atoms with Crippen LogP contribution in [0.25, 0.3) is 10.8 Å². The third-order valence-corrected chi connectivity index (χ3v) is 5.91. The molecule has 0 atom stereocenters. The van der Waals surface area contributed by atoms with Gasteiger partial charge in [-0.25, -0.2) is 0 Å². The van der Waals surface area contributed by atoms with Crippen molar-refractivity contribution in [1.29, 1.82) is 0 Å². The number of amides is 1. The monoisotopic (exact) mass is 351 g/mol. The van der Waals surface area contributed by atoms with Crippen molar-refractivity contribution in [3.8, 4) is 5.75 Å². The normalized spacial score (nSPS) is 15.4. The molecule has 1 fully saturated rings. The SMILES string of the molecule is O=C(COc1ccc2ccccc2c1)N1CCC(c2cccs2)CC1. The number of hydrogen-bond donors (Lipinski definition) is 0. The first-order valence-electron chi connectivity index (χ1n) is 8.72. The summed E-state index contributed by atoms with van der Waals surface area (Å²) in [7, 11) is 0. The molecular formula is C21H21NO2S. The van der Waals surface area contributed by atoms with Crippen LogP contribution in [0.5, 0.6) is 5.75 Å². The molecule has 4 rings (SSSR count). The Morgan fingerprint density at radius 3 is 2.60 bits per heavy atom. The molecule has 0 spiro atoms. The lowest BCUT2D eigenvalue weighted by atomic mass is 9.95. The highest BCUT2D eigenvalue weighted by atomic mass is 32.1. The minimum Gasteiger partial charge on any atom is -0.484 e. The lowest BCUT2D eigenvalue weighted by Gasteiger charge is -2.31. The zero-order valence-corrected chi connectivity index (χ0v) is 14.9. The number of fused-ring (bicyclic) bond motifs is 1. The summed E-state index contributed by atoms with van der Waals surface area (Å²) in [4.78, 5) is 15.8. The van der Waals surface area contributed by atoms with Gasteiger partial charge in [-0.15, -0.1) is 11.3 Å². The van der Waals surface area contributed by atoms with E-state index in [2.05, 4.69) is 29.6 Å². The standard InChI is InChI=1S/C21H21NO2S/c23-21(22-11-9-17(10-12-22)20-6-3-13-25-20)15-24-19-8-7-16-4-1-2-5-18(16)14-19/h1-8,13-14,17H,9-12,15H2. The predicted octanol–water partition coefficient (Wildman–Crippen LogP) is 4.69. The van der Waals surface area contributed by atoms with E-state index in [0.29, 0.717) is 5.92 Å². The van der Waals surface area contributed by atoms with Crippen LogP contribution in [0.15, 0.2) is 60.0 Å². The predicted molar refractivity (Wildman–Crippen MR) is 102 cm³/mol. The number of hydrogen-bond acceptors (Lipinski definition) is 3. The first kappa shape index (κ1) is 16.2. The van der Waals surface area contributed by atoms with Crippen molar-refractivity contribution in [3.63, 3.8) is 0 Å². The first-order valence-corrected chi connectivity index (χ1v) is 9.60. The van der Waals surface area contributed by atoms with Gasteiger partial charge in [-0.05, 0) is 53.1 Å². The van der Waals surface area contributed by atoms with Crippen LogP contribution in [0.3, 0.4) is 0 Å². The van der Waals surface area contributed by atoms with Gasteiger partial charge in [-0.1, -0.05) is 36.4 Å². The minimum atomic E-state index is 0.0813. The number of rotatable bonds is 4. The summed E-state index contributed by atoms with van der Waals surface area (Å²) >= 11 is 1.82. The molecule has 25 heavy (non-hydrogen) atoms. The van der Waals surface area contributed by atoms with Crippen molar-refractivity contribution in [1.82, 2.24) is 4.90 Å². The molecule has 4 heteroatoms. The van der Waals surface area contributed by atoms with Crippen molar-refractivity contribution >= 4 is 28.0 Å². The van der Waals surface area contributed by atoms with Crippen LogP contribution >= 0.6 is 11.3 Å². The Hall–Kier alpha value is -2.33. The largest absolute Gasteiger partial charge is 0.484 e. The fraction of sp³-hybridized carbons (Fsp3) is 0.286. The van der Waals surface area contributed by atoms with E-state index in [1.807, 2.05) is 46.6 Å². The number of carbonyl (C=O) groups is 1. The number of ether oxygens (including phenoxy) is 1. The van der Waals surface area contributed by atoms with Crippen LogP contribution in [-0.2, 0) is 4.79 Å². The minimum absolute atomic E-state index is 0.0813. The van der Waals surface area contributed by atoms with E-state index in [-0.39, 0.29) is 12.5 Å². The molecule has 128 valence electrons. The Labute approximate surface area is 151 Å². The number of thiophene rings is 1. The van der Waals surface area contributed by atoms with Crippen molar-refractivity contribution < 1.29 is 9.53 Å². The van der Waals surface area contributed by atoms with Crippen molar-refractivity contribution in [2.75, 3.05) is 19.7 Å². The second-order valence-electron chi connectivity index (χ2n) is 6.47. The molecule has 0 bridgehead atoms. The van der Waals surface area contributed by atoms with Crippen LogP contribution in [0.4, 0.5) is 0 Å². The molecule has 0 unspecified atom stereocenters. The Morgan fingerprint density at radius 1 is 1.04 bits per heavy atom. The van der Waals surface area contributed by atoms with Gasteiger partial charge in [0.25, 0.3) is 5.91 Å². The van der Waals surface area contributed by atoms with Crippen LogP contribution in [0.1, 0.15) is 23.6 Å². The van der Waals surface area contributed by atoms with Gasteiger partial charge in [0.05, 0.1) is 0 Å². The number of benzene rings is 2. The maximum Gasteiger partial charge on any atom is 0.260 e. The molecule has 1 aromatic heterocycles. The van der Waals surface area contributed by atoms with Crippen molar-refractivity contribution in [3.05, 3.63) is 64.9 Å². The zero-order valence-electron chi connectivity index (χ0n) is 14.1. The van der Waals surface area contributed by atoms with Crippen LogP contribution < -0.4 is 4.74 Å². The van der Waals surface area contributed by atoms with E-state index >= 15 is 0 Å². The molecule has 0 aliphatic carbocycles. The Kier molecular flexibility index (Phi) is 4.70. The molecule has 3 nitrogen and oxygen atoms in total. The number of piperidine rings is 1. The highest BCUT2D eigenvalue weighted by Gasteiger charge is 2.24. The van der Waals surface area contributed by atoms with Crippen LogP contribution in [0, 0.1) is 0 Å². The van der Waals surface area contributed by atoms with E-state index in [9.17, 15) is 4.79 Å². The summed E-state index contributed by atoms with van der Waals surface area (Å²) in [6.07, 6.45) is 2.09. The Bertz CT molecular complexity index is 851. The maximum absolute atomic E-state index is 12.4. The van der Waals surface area contributed by atoms with E-state index < -0.39 is 0 Å². The van der Waals surface area contributed by atoms with Gasteiger partial charge >= 0.3 is 0 Å². The third-order valence-electron chi connectivity index (χ3n) is 4.88. The average Bonchev–Trinajstić information content (AvgIpc) is 3.21. The van der Waals surface area contributed by atoms with E-state index in [0.717, 1.165) is 37.1 Å². The molecule has 0 radical (unpaired) electrons. The third kappa shape index (κ3) is 3.69. The van der Waals surface area contributed by atoms with E-state index in [1.54, 1.807) is 0 Å². The van der Waals surface area contributed by atoms with Crippen LogP contribution in [-0.4, -0.2) is 30.5 Å². The van der Waals surface area contributed by atoms with Gasteiger partial charge < -0.3 is 9.64 Å². The summed E-state index contributed by atoms with van der Waals surface area (Å²) in [5.74, 6) is 1.43. The second kappa shape index (κ2) is 7.28. The first-order chi connectivity index (χ1) is 12.3. The van der Waals surface area contributed by atoms with Gasteiger partial charge in [0.15, 0.2) is 6.61 Å². The fourth-order valence-electron chi connectivity index (χ4n) is 3.43. The molecule has 1 saturated heterocycles. The summed E-state index contributed by atoms with van der Waals surface area (Å²) in [5, 5.41) is 4.44. The second-order valence-corrected chi connectivity index (χ2v) is 7.45. The highest BCUT2D eigenvalue weighted by molar-refractivity contribution is 7.10. The fourth-order valence-corrected chi connectivity index (χ4v) is 4.33. The van der Waals surface area contributed by atoms with Gasteiger partial charge in [-0.3, -0.25) is 4.79 Å².